The van der Waals surface area contributed by atoms with Crippen molar-refractivity contribution >= 4 is 51.2 Å². The van der Waals surface area contributed by atoms with E-state index in [9.17, 15) is 4.79 Å². The third-order valence-corrected chi connectivity index (χ3v) is 6.79. The molecule has 0 spiro atoms. The average Bonchev–Trinajstić information content (AvgIpc) is 3.20. The number of carbonyl (C=O) groups is 1. The monoisotopic (exact) mass is 562 g/mol. The van der Waals surface area contributed by atoms with Crippen molar-refractivity contribution in [2.45, 2.75) is 38.6 Å². The maximum atomic E-state index is 13.1. The standard InChI is InChI=1S/C24H24BrClN4O3S/c1-4-32-22(31)20-14(3)27-23-28-24(34-5-2)29-30(23)21(20)17-12-16(25)10-11-19(17)33-13-15-8-6-7-9-18(15)26/h6-12,21H,4-5,13H2,1-3H3,(H,27,28,29). The predicted octanol–water partition coefficient (Wildman–Crippen LogP) is 6.24. The maximum Gasteiger partial charge on any atom is 0.338 e. The molecule has 34 heavy (non-hydrogen) atoms. The summed E-state index contributed by atoms with van der Waals surface area (Å²) < 4.78 is 14.2. The van der Waals surface area contributed by atoms with Gasteiger partial charge in [-0.15, -0.1) is 5.10 Å². The van der Waals surface area contributed by atoms with Crippen LogP contribution < -0.4 is 10.1 Å². The number of anilines is 1. The van der Waals surface area contributed by atoms with Gasteiger partial charge in [0.2, 0.25) is 11.1 Å². The van der Waals surface area contributed by atoms with Crippen LogP contribution in [0.4, 0.5) is 5.95 Å². The third-order valence-electron chi connectivity index (χ3n) is 5.21. The zero-order valence-electron chi connectivity index (χ0n) is 19.0. The molecule has 1 unspecified atom stereocenters. The van der Waals surface area contributed by atoms with Crippen LogP contribution in [0.2, 0.25) is 5.02 Å². The van der Waals surface area contributed by atoms with Crippen LogP contribution in [-0.2, 0) is 16.1 Å². The molecule has 0 amide bonds. The molecule has 1 aliphatic heterocycles. The van der Waals surface area contributed by atoms with E-state index in [2.05, 4.69) is 26.2 Å². The smallest absolute Gasteiger partial charge is 0.338 e. The lowest BCUT2D eigenvalue weighted by molar-refractivity contribution is -0.139. The van der Waals surface area contributed by atoms with Crippen molar-refractivity contribution < 1.29 is 14.3 Å². The molecule has 178 valence electrons. The average molecular weight is 564 g/mol. The Bertz CT molecular complexity index is 1250. The normalized spacial score (nSPS) is 15.0. The first kappa shape index (κ1) is 24.6. The fourth-order valence-corrected chi connectivity index (χ4v) is 4.84. The van der Waals surface area contributed by atoms with E-state index in [0.717, 1.165) is 21.4 Å². The lowest BCUT2D eigenvalue weighted by Gasteiger charge is -2.29. The molecule has 0 saturated carbocycles. The molecule has 10 heteroatoms. The van der Waals surface area contributed by atoms with Crippen LogP contribution in [0.15, 0.2) is 63.4 Å². The number of thioether (sulfide) groups is 1. The van der Waals surface area contributed by atoms with Crippen LogP contribution in [0.25, 0.3) is 0 Å². The zero-order chi connectivity index (χ0) is 24.2. The van der Waals surface area contributed by atoms with E-state index < -0.39 is 12.0 Å². The van der Waals surface area contributed by atoms with E-state index in [1.807, 2.05) is 56.3 Å². The van der Waals surface area contributed by atoms with Gasteiger partial charge in [0.1, 0.15) is 18.4 Å². The number of carbonyl (C=O) groups excluding carboxylic acids is 1. The number of hydrogen-bond acceptors (Lipinski definition) is 7. The summed E-state index contributed by atoms with van der Waals surface area (Å²) in [5.74, 6) is 1.58. The van der Waals surface area contributed by atoms with Crippen molar-refractivity contribution in [1.82, 2.24) is 14.8 Å². The van der Waals surface area contributed by atoms with Gasteiger partial charge in [-0.2, -0.15) is 4.98 Å². The molecule has 0 bridgehead atoms. The number of aromatic nitrogens is 3. The molecule has 3 aromatic rings. The SMILES string of the molecule is CCOC(=O)C1=C(C)Nc2nc(SCC)nn2C1c1cc(Br)ccc1OCc1ccccc1Cl. The molecular weight excluding hydrogens is 540 g/mol. The minimum Gasteiger partial charge on any atom is -0.488 e. The number of rotatable bonds is 8. The molecule has 1 N–H and O–H groups in total. The van der Waals surface area contributed by atoms with Gasteiger partial charge < -0.3 is 14.8 Å². The summed E-state index contributed by atoms with van der Waals surface area (Å²) in [7, 11) is 0. The number of nitrogens with one attached hydrogen (secondary N) is 1. The number of hydrogen-bond donors (Lipinski definition) is 1. The van der Waals surface area contributed by atoms with Gasteiger partial charge in [-0.25, -0.2) is 9.48 Å². The largest absolute Gasteiger partial charge is 0.488 e. The molecular formula is C24H24BrClN4O3S. The molecule has 1 atom stereocenters. The molecule has 2 aromatic carbocycles. The van der Waals surface area contributed by atoms with Gasteiger partial charge in [0, 0.05) is 26.3 Å². The first-order valence-corrected chi connectivity index (χ1v) is 13.0. The first-order chi connectivity index (χ1) is 16.4. The van der Waals surface area contributed by atoms with Crippen molar-refractivity contribution in [2.24, 2.45) is 0 Å². The number of esters is 1. The fraction of sp³-hybridized carbons (Fsp3) is 0.292. The Morgan fingerprint density at radius 1 is 1.26 bits per heavy atom. The van der Waals surface area contributed by atoms with E-state index in [0.29, 0.717) is 33.1 Å². The molecule has 1 aromatic heterocycles. The van der Waals surface area contributed by atoms with Crippen LogP contribution in [0, 0.1) is 0 Å². The Balaban J connectivity index is 1.82. The van der Waals surface area contributed by atoms with Crippen LogP contribution in [-0.4, -0.2) is 33.1 Å². The number of ether oxygens (including phenoxy) is 2. The highest BCUT2D eigenvalue weighted by Crippen LogP contribution is 2.41. The van der Waals surface area contributed by atoms with Crippen LogP contribution in [0.3, 0.4) is 0 Å². The molecule has 0 saturated heterocycles. The second-order valence-electron chi connectivity index (χ2n) is 7.44. The zero-order valence-corrected chi connectivity index (χ0v) is 22.1. The highest BCUT2D eigenvalue weighted by molar-refractivity contribution is 9.10. The number of halogens is 2. The summed E-state index contributed by atoms with van der Waals surface area (Å²) >= 11 is 11.4. The summed E-state index contributed by atoms with van der Waals surface area (Å²) in [4.78, 5) is 17.7. The molecule has 0 aliphatic carbocycles. The van der Waals surface area contributed by atoms with Gasteiger partial charge in [0.05, 0.1) is 12.2 Å². The second kappa shape index (κ2) is 10.8. The van der Waals surface area contributed by atoms with Gasteiger partial charge in [0.15, 0.2) is 0 Å². The van der Waals surface area contributed by atoms with Crippen molar-refractivity contribution in [3.05, 3.63) is 74.4 Å². The molecule has 7 nitrogen and oxygen atoms in total. The quantitative estimate of drug-likeness (QED) is 0.257. The Labute approximate surface area is 216 Å². The second-order valence-corrected chi connectivity index (χ2v) is 10.00. The van der Waals surface area contributed by atoms with Crippen molar-refractivity contribution in [3.63, 3.8) is 0 Å². The Morgan fingerprint density at radius 3 is 2.79 bits per heavy atom. The topological polar surface area (TPSA) is 78.3 Å². The number of nitrogens with zero attached hydrogens (tertiary/aromatic N) is 3. The van der Waals surface area contributed by atoms with Gasteiger partial charge in [-0.05, 0) is 43.9 Å². The first-order valence-electron chi connectivity index (χ1n) is 10.8. The van der Waals surface area contributed by atoms with E-state index in [1.54, 1.807) is 11.6 Å². The lowest BCUT2D eigenvalue weighted by atomic mass is 9.95. The number of allylic oxidation sites excluding steroid dienone is 1. The molecule has 0 fully saturated rings. The summed E-state index contributed by atoms with van der Waals surface area (Å²) in [5, 5.41) is 9.17. The Morgan fingerprint density at radius 2 is 2.06 bits per heavy atom. The van der Waals surface area contributed by atoms with Crippen LogP contribution in [0.5, 0.6) is 5.75 Å². The van der Waals surface area contributed by atoms with Gasteiger partial charge in [-0.3, -0.25) is 0 Å². The van der Waals surface area contributed by atoms with Crippen molar-refractivity contribution in [2.75, 3.05) is 17.7 Å². The van der Waals surface area contributed by atoms with E-state index >= 15 is 0 Å². The number of benzene rings is 2. The summed E-state index contributed by atoms with van der Waals surface area (Å²) in [5.41, 5.74) is 2.73. The highest BCUT2D eigenvalue weighted by Gasteiger charge is 2.37. The van der Waals surface area contributed by atoms with Crippen molar-refractivity contribution in [3.8, 4) is 5.75 Å². The van der Waals surface area contributed by atoms with Crippen molar-refractivity contribution in [1.29, 1.82) is 0 Å². The van der Waals surface area contributed by atoms with E-state index in [-0.39, 0.29) is 13.2 Å². The summed E-state index contributed by atoms with van der Waals surface area (Å²) in [6.45, 7) is 6.20. The fourth-order valence-electron chi connectivity index (χ4n) is 3.72. The third kappa shape index (κ3) is 5.11. The summed E-state index contributed by atoms with van der Waals surface area (Å²) in [6.07, 6.45) is 0. The van der Waals surface area contributed by atoms with Gasteiger partial charge in [-0.1, -0.05) is 64.4 Å². The minimum absolute atomic E-state index is 0.262. The van der Waals surface area contributed by atoms with E-state index in [4.69, 9.17) is 26.2 Å². The molecule has 1 aliphatic rings. The van der Waals surface area contributed by atoms with Gasteiger partial charge >= 0.3 is 5.97 Å². The van der Waals surface area contributed by atoms with Gasteiger partial charge in [0.25, 0.3) is 0 Å². The van der Waals surface area contributed by atoms with E-state index in [1.165, 1.54) is 11.8 Å². The lowest BCUT2D eigenvalue weighted by Crippen LogP contribution is -2.30. The molecule has 0 radical (unpaired) electrons. The molecule has 2 heterocycles. The Hall–Kier alpha value is -2.49. The summed E-state index contributed by atoms with van der Waals surface area (Å²) in [6, 6.07) is 12.7. The van der Waals surface area contributed by atoms with Crippen LogP contribution >= 0.6 is 39.3 Å². The predicted molar refractivity (Wildman–Crippen MR) is 137 cm³/mol. The Kier molecular flexibility index (Phi) is 7.85. The number of fused-ring (bicyclic) bond motifs is 1. The maximum absolute atomic E-state index is 13.1. The minimum atomic E-state index is -0.590. The highest BCUT2D eigenvalue weighted by atomic mass is 79.9. The van der Waals surface area contributed by atoms with Crippen LogP contribution in [0.1, 0.15) is 37.9 Å². The molecule has 4 rings (SSSR count).